The summed E-state index contributed by atoms with van der Waals surface area (Å²) in [7, 11) is 3.10. The van der Waals surface area contributed by atoms with Crippen LogP contribution in [-0.4, -0.2) is 46.9 Å². The maximum absolute atomic E-state index is 14.5. The van der Waals surface area contributed by atoms with E-state index in [0.717, 1.165) is 61.6 Å². The Morgan fingerprint density at radius 1 is 1.27 bits per heavy atom. The Bertz CT molecular complexity index is 1160. The predicted molar refractivity (Wildman–Crippen MR) is 124 cm³/mol. The summed E-state index contributed by atoms with van der Waals surface area (Å²) in [5.74, 6) is -1.53. The molecule has 1 aliphatic heterocycles. The zero-order chi connectivity index (χ0) is 23.7. The first kappa shape index (κ1) is 22.9. The molecule has 1 amide bonds. The highest BCUT2D eigenvalue weighted by Gasteiger charge is 2.25. The quantitative estimate of drug-likeness (QED) is 0.516. The van der Waals surface area contributed by atoms with Crippen molar-refractivity contribution in [3.8, 4) is 16.3 Å². The van der Waals surface area contributed by atoms with E-state index in [1.807, 2.05) is 0 Å². The summed E-state index contributed by atoms with van der Waals surface area (Å²) in [6.07, 6.45) is 4.25. The molecule has 12 heteroatoms. The fourth-order valence-electron chi connectivity index (χ4n) is 3.88. The Morgan fingerprint density at radius 2 is 2.00 bits per heavy atom. The van der Waals surface area contributed by atoms with Gasteiger partial charge in [-0.1, -0.05) is 11.3 Å². The van der Waals surface area contributed by atoms with Crippen LogP contribution in [0.2, 0.25) is 0 Å². The first-order chi connectivity index (χ1) is 15.8. The second-order valence-corrected chi connectivity index (χ2v) is 8.87. The number of ether oxygens (including phenoxy) is 1. The Labute approximate surface area is 193 Å². The van der Waals surface area contributed by atoms with E-state index in [9.17, 15) is 13.6 Å². The summed E-state index contributed by atoms with van der Waals surface area (Å²) in [6.45, 7) is 1.53. The van der Waals surface area contributed by atoms with Gasteiger partial charge in [-0.25, -0.2) is 13.8 Å². The molecule has 0 unspecified atom stereocenters. The lowest BCUT2D eigenvalue weighted by Gasteiger charge is -2.24. The van der Waals surface area contributed by atoms with Crippen molar-refractivity contribution in [1.29, 1.82) is 0 Å². The third-order valence-electron chi connectivity index (χ3n) is 5.56. The lowest BCUT2D eigenvalue weighted by molar-refractivity contribution is 0.102. The van der Waals surface area contributed by atoms with Gasteiger partial charge in [0.15, 0.2) is 11.5 Å². The summed E-state index contributed by atoms with van der Waals surface area (Å²) in [5.41, 5.74) is 12.1. The van der Waals surface area contributed by atoms with Gasteiger partial charge in [0, 0.05) is 38.3 Å². The number of carbonyl (C=O) groups excluding carboxylic acids is 1. The van der Waals surface area contributed by atoms with Gasteiger partial charge < -0.3 is 26.4 Å². The van der Waals surface area contributed by atoms with Crippen molar-refractivity contribution in [1.82, 2.24) is 14.8 Å². The van der Waals surface area contributed by atoms with Gasteiger partial charge in [-0.3, -0.25) is 9.48 Å². The van der Waals surface area contributed by atoms with Crippen molar-refractivity contribution in [2.75, 3.05) is 36.1 Å². The van der Waals surface area contributed by atoms with E-state index in [0.29, 0.717) is 5.69 Å². The normalized spacial score (nSPS) is 16.5. The number of halogens is 2. The van der Waals surface area contributed by atoms with Gasteiger partial charge in [0.2, 0.25) is 0 Å². The molecular weight excluding hydrogens is 452 g/mol. The standard InChI is InChI=1S/C21H25F2N7O2S/c1-29-21(30-6-3-4-11(24)5-7-30)15(10-26-29)27-19(31)17-18(25)33-20(28-17)16-13(22)8-12(32-2)9-14(16)23/h8-11H,3-7,24-25H2,1-2H3,(H,27,31)/t11-/m1/s1. The molecular formula is C21H25F2N7O2S. The number of carbonyl (C=O) groups is 1. The summed E-state index contributed by atoms with van der Waals surface area (Å²) in [4.78, 5) is 19.2. The van der Waals surface area contributed by atoms with Crippen LogP contribution in [-0.2, 0) is 7.05 Å². The number of nitrogens with one attached hydrogen (secondary N) is 1. The molecule has 3 heterocycles. The third kappa shape index (κ3) is 4.62. The topological polar surface area (TPSA) is 124 Å². The highest BCUT2D eigenvalue weighted by atomic mass is 32.1. The van der Waals surface area contributed by atoms with Crippen LogP contribution >= 0.6 is 11.3 Å². The van der Waals surface area contributed by atoms with Crippen molar-refractivity contribution in [2.45, 2.75) is 25.3 Å². The first-order valence-electron chi connectivity index (χ1n) is 10.4. The van der Waals surface area contributed by atoms with Crippen molar-refractivity contribution < 1.29 is 18.3 Å². The Hall–Kier alpha value is -3.25. The molecule has 3 aromatic rings. The molecule has 1 aromatic carbocycles. The van der Waals surface area contributed by atoms with E-state index in [2.05, 4.69) is 20.3 Å². The number of amides is 1. The SMILES string of the molecule is COc1cc(F)c(-c2nc(C(=O)Nc3cnn(C)c3N3CCC[C@@H](N)CC3)c(N)s2)c(F)c1. The van der Waals surface area contributed by atoms with E-state index < -0.39 is 17.5 Å². The summed E-state index contributed by atoms with van der Waals surface area (Å²) in [5, 5.41) is 7.07. The lowest BCUT2D eigenvalue weighted by atomic mass is 10.1. The number of nitrogen functional groups attached to an aromatic ring is 1. The molecule has 9 nitrogen and oxygen atoms in total. The van der Waals surface area contributed by atoms with E-state index >= 15 is 0 Å². The smallest absolute Gasteiger partial charge is 0.277 e. The maximum Gasteiger partial charge on any atom is 0.277 e. The fourth-order valence-corrected chi connectivity index (χ4v) is 4.76. The molecule has 0 aliphatic carbocycles. The molecule has 1 saturated heterocycles. The Morgan fingerprint density at radius 3 is 2.70 bits per heavy atom. The predicted octanol–water partition coefficient (Wildman–Crippen LogP) is 2.98. The third-order valence-corrected chi connectivity index (χ3v) is 6.46. The van der Waals surface area contributed by atoms with Gasteiger partial charge in [0.05, 0.1) is 18.9 Å². The van der Waals surface area contributed by atoms with Gasteiger partial charge in [0.25, 0.3) is 5.91 Å². The molecule has 1 fully saturated rings. The number of hydrogen-bond acceptors (Lipinski definition) is 8. The monoisotopic (exact) mass is 477 g/mol. The van der Waals surface area contributed by atoms with Crippen LogP contribution in [0.25, 0.3) is 10.6 Å². The molecule has 0 bridgehead atoms. The zero-order valence-electron chi connectivity index (χ0n) is 18.3. The lowest BCUT2D eigenvalue weighted by Crippen LogP contribution is -2.29. The molecule has 4 rings (SSSR count). The zero-order valence-corrected chi connectivity index (χ0v) is 19.1. The summed E-state index contributed by atoms with van der Waals surface area (Å²) < 4.78 is 35.5. The molecule has 176 valence electrons. The average molecular weight is 478 g/mol. The molecule has 0 radical (unpaired) electrons. The van der Waals surface area contributed by atoms with Crippen LogP contribution in [0, 0.1) is 11.6 Å². The highest BCUT2D eigenvalue weighted by molar-refractivity contribution is 7.19. The minimum Gasteiger partial charge on any atom is -0.497 e. The first-order valence-corrected chi connectivity index (χ1v) is 11.2. The van der Waals surface area contributed by atoms with Crippen LogP contribution in [0.3, 0.4) is 0 Å². The van der Waals surface area contributed by atoms with Gasteiger partial charge in [-0.2, -0.15) is 5.10 Å². The molecule has 33 heavy (non-hydrogen) atoms. The number of anilines is 3. The number of thiazole rings is 1. The molecule has 0 saturated carbocycles. The van der Waals surface area contributed by atoms with Crippen LogP contribution in [0.1, 0.15) is 29.8 Å². The van der Waals surface area contributed by atoms with E-state index in [1.165, 1.54) is 7.11 Å². The number of benzene rings is 1. The number of rotatable bonds is 5. The summed E-state index contributed by atoms with van der Waals surface area (Å²) >= 11 is 0.828. The molecule has 5 N–H and O–H groups in total. The van der Waals surface area contributed by atoms with Crippen molar-refractivity contribution in [3.63, 3.8) is 0 Å². The number of hydrogen-bond donors (Lipinski definition) is 3. The highest BCUT2D eigenvalue weighted by Crippen LogP contribution is 2.36. The van der Waals surface area contributed by atoms with Crippen molar-refractivity contribution >= 4 is 33.8 Å². The fraction of sp³-hybridized carbons (Fsp3) is 0.381. The Kier molecular flexibility index (Phi) is 6.47. The minimum absolute atomic E-state index is 0.0369. The second kappa shape index (κ2) is 9.32. The van der Waals surface area contributed by atoms with Gasteiger partial charge >= 0.3 is 0 Å². The summed E-state index contributed by atoms with van der Waals surface area (Å²) in [6, 6.07) is 2.24. The van der Waals surface area contributed by atoms with Crippen LogP contribution in [0.15, 0.2) is 18.3 Å². The van der Waals surface area contributed by atoms with Gasteiger partial charge in [0.1, 0.15) is 33.1 Å². The van der Waals surface area contributed by atoms with E-state index in [-0.39, 0.29) is 33.1 Å². The van der Waals surface area contributed by atoms with Crippen LogP contribution in [0.4, 0.5) is 25.3 Å². The average Bonchev–Trinajstić information content (AvgIpc) is 3.24. The maximum atomic E-state index is 14.5. The second-order valence-electron chi connectivity index (χ2n) is 7.84. The minimum atomic E-state index is -0.860. The molecule has 1 aliphatic rings. The molecule has 2 aromatic heterocycles. The largest absolute Gasteiger partial charge is 0.497 e. The number of nitrogens with zero attached hydrogens (tertiary/aromatic N) is 4. The van der Waals surface area contributed by atoms with Crippen LogP contribution < -0.4 is 26.4 Å². The number of aryl methyl sites for hydroxylation is 1. The molecule has 1 atom stereocenters. The molecule has 0 spiro atoms. The number of methoxy groups -OCH3 is 1. The van der Waals surface area contributed by atoms with Gasteiger partial charge in [-0.15, -0.1) is 0 Å². The number of aromatic nitrogens is 3. The van der Waals surface area contributed by atoms with Gasteiger partial charge in [-0.05, 0) is 19.3 Å². The number of nitrogens with two attached hydrogens (primary N) is 2. The Balaban J connectivity index is 1.60. The van der Waals surface area contributed by atoms with E-state index in [1.54, 1.807) is 17.9 Å². The van der Waals surface area contributed by atoms with Crippen LogP contribution in [0.5, 0.6) is 5.75 Å². The van der Waals surface area contributed by atoms with E-state index in [4.69, 9.17) is 16.2 Å². The van der Waals surface area contributed by atoms with Crippen molar-refractivity contribution in [2.24, 2.45) is 12.8 Å². The van der Waals surface area contributed by atoms with Crippen molar-refractivity contribution in [3.05, 3.63) is 35.7 Å².